The normalized spacial score (nSPS) is 28.0. The SMILES string of the molecule is CC1CC(C#N)(Nc2ccc(Cl)c(Br)c2)C1. The van der Waals surface area contributed by atoms with Gasteiger partial charge in [-0.25, -0.2) is 0 Å². The molecule has 0 heterocycles. The Bertz CT molecular complexity index is 447. The summed E-state index contributed by atoms with van der Waals surface area (Å²) in [5.74, 6) is 0.628. The van der Waals surface area contributed by atoms with E-state index in [0.29, 0.717) is 10.9 Å². The monoisotopic (exact) mass is 298 g/mol. The molecule has 0 bridgehead atoms. The zero-order chi connectivity index (χ0) is 11.8. The highest BCUT2D eigenvalue weighted by Gasteiger charge is 2.42. The summed E-state index contributed by atoms with van der Waals surface area (Å²) in [6.45, 7) is 2.16. The average molecular weight is 300 g/mol. The van der Waals surface area contributed by atoms with Gasteiger partial charge < -0.3 is 5.32 Å². The van der Waals surface area contributed by atoms with Gasteiger partial charge in [0.25, 0.3) is 0 Å². The molecule has 2 nitrogen and oxygen atoms in total. The molecule has 1 aliphatic rings. The zero-order valence-corrected chi connectivity index (χ0v) is 11.3. The minimum atomic E-state index is -0.382. The minimum absolute atomic E-state index is 0.382. The minimum Gasteiger partial charge on any atom is -0.367 e. The number of rotatable bonds is 2. The summed E-state index contributed by atoms with van der Waals surface area (Å²) in [4.78, 5) is 0. The Hall–Kier alpha value is -0.720. The smallest absolute Gasteiger partial charge is 0.125 e. The third kappa shape index (κ3) is 2.18. The zero-order valence-electron chi connectivity index (χ0n) is 8.93. The lowest BCUT2D eigenvalue weighted by Crippen LogP contribution is -2.48. The van der Waals surface area contributed by atoms with Gasteiger partial charge in [0.1, 0.15) is 5.54 Å². The van der Waals surface area contributed by atoms with Gasteiger partial charge in [0.05, 0.1) is 11.1 Å². The first-order valence-electron chi connectivity index (χ1n) is 5.19. The van der Waals surface area contributed by atoms with Crippen molar-refractivity contribution in [3.05, 3.63) is 27.7 Å². The van der Waals surface area contributed by atoms with Gasteiger partial charge in [-0.2, -0.15) is 5.26 Å². The number of hydrogen-bond donors (Lipinski definition) is 1. The van der Waals surface area contributed by atoms with E-state index in [2.05, 4.69) is 34.2 Å². The molecule has 0 aliphatic heterocycles. The molecule has 0 unspecified atom stereocenters. The van der Waals surface area contributed by atoms with Gasteiger partial charge in [-0.1, -0.05) is 18.5 Å². The van der Waals surface area contributed by atoms with Crippen LogP contribution in [0.3, 0.4) is 0 Å². The largest absolute Gasteiger partial charge is 0.367 e. The lowest BCUT2D eigenvalue weighted by atomic mass is 9.70. The molecule has 16 heavy (non-hydrogen) atoms. The first-order valence-corrected chi connectivity index (χ1v) is 6.36. The van der Waals surface area contributed by atoms with Crippen molar-refractivity contribution >= 4 is 33.2 Å². The van der Waals surface area contributed by atoms with Gasteiger partial charge >= 0.3 is 0 Å². The van der Waals surface area contributed by atoms with Crippen molar-refractivity contribution in [2.24, 2.45) is 5.92 Å². The molecule has 0 atom stereocenters. The summed E-state index contributed by atoms with van der Waals surface area (Å²) in [6, 6.07) is 7.99. The number of nitriles is 1. The highest BCUT2D eigenvalue weighted by atomic mass is 79.9. The van der Waals surface area contributed by atoms with Crippen molar-refractivity contribution in [1.82, 2.24) is 0 Å². The average Bonchev–Trinajstić information content (AvgIpc) is 2.21. The standard InChI is InChI=1S/C12H12BrClN2/c1-8-5-12(6-8,7-15)16-9-2-3-11(14)10(13)4-9/h2-4,8,16H,5-6H2,1H3. The summed E-state index contributed by atoms with van der Waals surface area (Å²) in [6.07, 6.45) is 1.81. The van der Waals surface area contributed by atoms with Crippen LogP contribution in [0, 0.1) is 17.2 Å². The second-order valence-electron chi connectivity index (χ2n) is 4.46. The van der Waals surface area contributed by atoms with Crippen LogP contribution >= 0.6 is 27.5 Å². The van der Waals surface area contributed by atoms with Crippen LogP contribution in [0.5, 0.6) is 0 Å². The van der Waals surface area contributed by atoms with Gasteiger partial charge in [0.15, 0.2) is 0 Å². The van der Waals surface area contributed by atoms with E-state index in [4.69, 9.17) is 11.6 Å². The fourth-order valence-electron chi connectivity index (χ4n) is 2.20. The van der Waals surface area contributed by atoms with Crippen LogP contribution in [0.1, 0.15) is 19.8 Å². The van der Waals surface area contributed by atoms with E-state index in [1.165, 1.54) is 0 Å². The van der Waals surface area contributed by atoms with Gasteiger partial charge in [0, 0.05) is 10.2 Å². The molecular weight excluding hydrogens is 288 g/mol. The maximum atomic E-state index is 9.19. The first-order chi connectivity index (χ1) is 7.54. The third-order valence-electron chi connectivity index (χ3n) is 2.91. The van der Waals surface area contributed by atoms with Gasteiger partial charge in [-0.15, -0.1) is 0 Å². The van der Waals surface area contributed by atoms with Crippen molar-refractivity contribution in [3.8, 4) is 6.07 Å². The lowest BCUT2D eigenvalue weighted by molar-refractivity contribution is 0.244. The number of hydrogen-bond acceptors (Lipinski definition) is 2. The molecule has 1 fully saturated rings. The van der Waals surface area contributed by atoms with E-state index < -0.39 is 0 Å². The van der Waals surface area contributed by atoms with Crippen LogP contribution in [0.15, 0.2) is 22.7 Å². The molecule has 0 amide bonds. The van der Waals surface area contributed by atoms with Crippen molar-refractivity contribution in [1.29, 1.82) is 5.26 Å². The summed E-state index contributed by atoms with van der Waals surface area (Å²) >= 11 is 9.29. The van der Waals surface area contributed by atoms with Crippen molar-refractivity contribution in [2.45, 2.75) is 25.3 Å². The molecule has 0 aromatic heterocycles. The topological polar surface area (TPSA) is 35.8 Å². The fourth-order valence-corrected chi connectivity index (χ4v) is 2.70. The maximum absolute atomic E-state index is 9.19. The van der Waals surface area contributed by atoms with Crippen LogP contribution in [0.2, 0.25) is 5.02 Å². The summed E-state index contributed by atoms with van der Waals surface area (Å²) in [5, 5.41) is 13.2. The van der Waals surface area contributed by atoms with Crippen molar-refractivity contribution in [3.63, 3.8) is 0 Å². The number of halogens is 2. The molecule has 1 saturated carbocycles. The van der Waals surface area contributed by atoms with Crippen LogP contribution in [0.4, 0.5) is 5.69 Å². The Morgan fingerprint density at radius 1 is 1.56 bits per heavy atom. The number of nitrogens with zero attached hydrogens (tertiary/aromatic N) is 1. The van der Waals surface area contributed by atoms with Gasteiger partial charge in [-0.05, 0) is 52.9 Å². The fraction of sp³-hybridized carbons (Fsp3) is 0.417. The number of nitrogens with one attached hydrogen (secondary N) is 1. The number of benzene rings is 1. The van der Waals surface area contributed by atoms with Crippen molar-refractivity contribution < 1.29 is 0 Å². The molecule has 0 spiro atoms. The second-order valence-corrected chi connectivity index (χ2v) is 5.72. The van der Waals surface area contributed by atoms with E-state index in [-0.39, 0.29) is 5.54 Å². The molecule has 1 aromatic carbocycles. The second kappa shape index (κ2) is 4.27. The Morgan fingerprint density at radius 2 is 2.25 bits per heavy atom. The van der Waals surface area contributed by atoms with E-state index >= 15 is 0 Å². The van der Waals surface area contributed by atoms with Crippen molar-refractivity contribution in [2.75, 3.05) is 5.32 Å². The van der Waals surface area contributed by atoms with E-state index in [1.54, 1.807) is 0 Å². The van der Waals surface area contributed by atoms with E-state index in [1.807, 2.05) is 18.2 Å². The molecule has 0 radical (unpaired) electrons. The summed E-state index contributed by atoms with van der Waals surface area (Å²) < 4.78 is 0.847. The molecule has 0 saturated heterocycles. The maximum Gasteiger partial charge on any atom is 0.125 e. The third-order valence-corrected chi connectivity index (χ3v) is 4.13. The summed E-state index contributed by atoms with van der Waals surface area (Å²) in [5.41, 5.74) is 0.553. The predicted molar refractivity (Wildman–Crippen MR) is 69.5 cm³/mol. The highest BCUT2D eigenvalue weighted by molar-refractivity contribution is 9.10. The molecule has 2 rings (SSSR count). The molecule has 1 aliphatic carbocycles. The molecular formula is C12H12BrClN2. The quantitative estimate of drug-likeness (QED) is 0.888. The van der Waals surface area contributed by atoms with Crippen LogP contribution in [-0.2, 0) is 0 Å². The Kier molecular flexibility index (Phi) is 3.14. The first kappa shape index (κ1) is 11.8. The van der Waals surface area contributed by atoms with Gasteiger partial charge in [-0.3, -0.25) is 0 Å². The van der Waals surface area contributed by atoms with Gasteiger partial charge in [0.2, 0.25) is 0 Å². The van der Waals surface area contributed by atoms with E-state index in [0.717, 1.165) is 23.0 Å². The number of anilines is 1. The Balaban J connectivity index is 2.15. The lowest BCUT2D eigenvalue weighted by Gasteiger charge is -2.42. The van der Waals surface area contributed by atoms with Crippen LogP contribution in [0.25, 0.3) is 0 Å². The molecule has 1 N–H and O–H groups in total. The molecule has 84 valence electrons. The summed E-state index contributed by atoms with van der Waals surface area (Å²) in [7, 11) is 0. The van der Waals surface area contributed by atoms with Crippen LogP contribution in [-0.4, -0.2) is 5.54 Å². The molecule has 1 aromatic rings. The predicted octanol–water partition coefficient (Wildman–Crippen LogP) is 4.21. The Labute approximate surface area is 109 Å². The van der Waals surface area contributed by atoms with E-state index in [9.17, 15) is 5.26 Å². The highest BCUT2D eigenvalue weighted by Crippen LogP contribution is 2.40. The molecule has 4 heteroatoms. The van der Waals surface area contributed by atoms with Crippen LogP contribution < -0.4 is 5.32 Å². The Morgan fingerprint density at radius 3 is 2.75 bits per heavy atom.